The maximum absolute atomic E-state index is 12.6. The van der Waals surface area contributed by atoms with Gasteiger partial charge in [0, 0.05) is 6.20 Å². The van der Waals surface area contributed by atoms with Crippen LogP contribution in [-0.2, 0) is 9.59 Å². The highest BCUT2D eigenvalue weighted by atomic mass is 16.5. The highest BCUT2D eigenvalue weighted by Crippen LogP contribution is 2.29. The van der Waals surface area contributed by atoms with E-state index in [-0.39, 0.29) is 18.4 Å². The lowest BCUT2D eigenvalue weighted by molar-refractivity contribution is -0.156. The van der Waals surface area contributed by atoms with Gasteiger partial charge < -0.3 is 0 Å². The fourth-order valence-corrected chi connectivity index (χ4v) is 3.23. The molecule has 1 heterocycles. The van der Waals surface area contributed by atoms with Gasteiger partial charge in [-0.2, -0.15) is 0 Å². The predicted molar refractivity (Wildman–Crippen MR) is 90.0 cm³/mol. The number of anilines is 1. The first-order valence-corrected chi connectivity index (χ1v) is 8.49. The monoisotopic (exact) mass is 334 g/mol. The number of carbonyl (C=O) groups is 2. The highest BCUT2D eigenvalue weighted by Gasteiger charge is 2.30. The van der Waals surface area contributed by atoms with Crippen LogP contribution in [0.15, 0.2) is 18.3 Å². The number of nitrogens with zero attached hydrogens (tertiary/aromatic N) is 2. The molecule has 0 aromatic carbocycles. The molecule has 0 spiro atoms. The summed E-state index contributed by atoms with van der Waals surface area (Å²) in [5.74, 6) is 0.0373. The molecule has 7 heteroatoms. The van der Waals surface area contributed by atoms with Crippen LogP contribution in [0.5, 0.6) is 0 Å². The summed E-state index contributed by atoms with van der Waals surface area (Å²) >= 11 is 0. The minimum Gasteiger partial charge on any atom is -0.286 e. The van der Waals surface area contributed by atoms with Crippen molar-refractivity contribution in [2.24, 2.45) is 11.8 Å². The summed E-state index contributed by atoms with van der Waals surface area (Å²) in [6.07, 6.45) is 8.38. The molecule has 1 saturated carbocycles. The van der Waals surface area contributed by atoms with E-state index in [1.54, 1.807) is 6.20 Å². The van der Waals surface area contributed by atoms with Gasteiger partial charge in [0.25, 0.3) is 0 Å². The van der Waals surface area contributed by atoms with E-state index in [9.17, 15) is 14.8 Å². The lowest BCUT2D eigenvalue weighted by Gasteiger charge is -2.27. The second-order valence-electron chi connectivity index (χ2n) is 6.42. The Hall–Kier alpha value is -2.15. The van der Waals surface area contributed by atoms with Crippen LogP contribution in [0.4, 0.5) is 5.82 Å². The van der Waals surface area contributed by atoms with Crippen molar-refractivity contribution in [3.63, 3.8) is 0 Å². The Morgan fingerprint density at radius 2 is 2.12 bits per heavy atom. The van der Waals surface area contributed by atoms with E-state index in [4.69, 9.17) is 0 Å². The number of rotatable bonds is 7. The summed E-state index contributed by atoms with van der Waals surface area (Å²) in [7, 11) is 0. The van der Waals surface area contributed by atoms with Gasteiger partial charge in [-0.15, -0.1) is 0 Å². The van der Waals surface area contributed by atoms with Gasteiger partial charge in [-0.3, -0.25) is 25.6 Å². The van der Waals surface area contributed by atoms with Gasteiger partial charge in [-0.05, 0) is 43.4 Å². The topological polar surface area (TPSA) is 94.6 Å². The number of aromatic nitrogens is 1. The van der Waals surface area contributed by atoms with Crippen molar-refractivity contribution in [3.8, 4) is 0 Å². The first-order valence-electron chi connectivity index (χ1n) is 8.49. The Morgan fingerprint density at radius 3 is 2.75 bits per heavy atom. The first-order chi connectivity index (χ1) is 11.6. The summed E-state index contributed by atoms with van der Waals surface area (Å²) in [5.41, 5.74) is 6.51. The van der Waals surface area contributed by atoms with Gasteiger partial charge in [0.2, 0.25) is 12.3 Å². The summed E-state index contributed by atoms with van der Waals surface area (Å²) < 4.78 is 0. The summed E-state index contributed by atoms with van der Waals surface area (Å²) in [6.45, 7) is 1.94. The van der Waals surface area contributed by atoms with Crippen molar-refractivity contribution in [2.75, 3.05) is 12.0 Å². The van der Waals surface area contributed by atoms with Crippen molar-refractivity contribution in [1.82, 2.24) is 15.5 Å². The van der Waals surface area contributed by atoms with Crippen molar-refractivity contribution in [2.45, 2.75) is 45.4 Å². The highest BCUT2D eigenvalue weighted by molar-refractivity contribution is 5.80. The molecule has 0 unspecified atom stereocenters. The Bertz CT molecular complexity index is 544. The van der Waals surface area contributed by atoms with E-state index in [1.807, 2.05) is 19.1 Å². The summed E-state index contributed by atoms with van der Waals surface area (Å²) in [6, 6.07) is 3.69. The average Bonchev–Trinajstić information content (AvgIpc) is 2.86. The number of aryl methyl sites for hydroxylation is 1. The van der Waals surface area contributed by atoms with Crippen LogP contribution < -0.4 is 10.9 Å². The zero-order valence-corrected chi connectivity index (χ0v) is 14.1. The lowest BCUT2D eigenvalue weighted by Crippen LogP contribution is -2.43. The molecule has 1 fully saturated rings. The van der Waals surface area contributed by atoms with Crippen LogP contribution >= 0.6 is 0 Å². The number of carbonyl (C=O) groups excluding carboxylic acids is 2. The predicted octanol–water partition coefficient (Wildman–Crippen LogP) is 2.27. The summed E-state index contributed by atoms with van der Waals surface area (Å²) in [5, 5.41) is 10.1. The van der Waals surface area contributed by atoms with Gasteiger partial charge in [0.1, 0.15) is 5.82 Å². The van der Waals surface area contributed by atoms with E-state index in [0.29, 0.717) is 17.3 Å². The molecule has 0 aliphatic heterocycles. The zero-order valence-electron chi connectivity index (χ0n) is 14.1. The molecule has 1 aliphatic rings. The van der Waals surface area contributed by atoms with Crippen LogP contribution in [0.25, 0.3) is 0 Å². The van der Waals surface area contributed by atoms with Crippen LogP contribution in [-0.4, -0.2) is 34.1 Å². The van der Waals surface area contributed by atoms with E-state index in [0.717, 1.165) is 31.2 Å². The van der Waals surface area contributed by atoms with Gasteiger partial charge in [-0.1, -0.05) is 25.7 Å². The lowest BCUT2D eigenvalue weighted by atomic mass is 9.85. The minimum absolute atomic E-state index is 0.00290. The largest absolute Gasteiger partial charge is 0.286 e. The third kappa shape index (κ3) is 5.49. The second-order valence-corrected chi connectivity index (χ2v) is 6.42. The first kappa shape index (κ1) is 18.2. The van der Waals surface area contributed by atoms with Crippen LogP contribution in [0.2, 0.25) is 0 Å². The molecule has 0 saturated heterocycles. The molecule has 2 rings (SSSR count). The van der Waals surface area contributed by atoms with Gasteiger partial charge >= 0.3 is 0 Å². The molecule has 1 aliphatic carbocycles. The molecular weight excluding hydrogens is 308 g/mol. The van der Waals surface area contributed by atoms with Gasteiger partial charge in [-0.25, -0.2) is 10.0 Å². The van der Waals surface area contributed by atoms with E-state index in [2.05, 4.69) is 15.8 Å². The number of hydroxylamine groups is 2. The Labute approximate surface area is 142 Å². The third-order valence-corrected chi connectivity index (χ3v) is 4.54. The van der Waals surface area contributed by atoms with Crippen molar-refractivity contribution in [3.05, 3.63) is 23.9 Å². The molecule has 24 heavy (non-hydrogen) atoms. The molecule has 0 radical (unpaired) electrons. The van der Waals surface area contributed by atoms with Crippen LogP contribution in [0, 0.1) is 18.8 Å². The standard InChI is InChI=1S/C17H26N4O3/c1-13-8-9-18-16(10-13)19-20-17(23)15(11-21(24)12-22)14-6-4-2-3-5-7-14/h8-10,12,14-15,24H,2-7,11H2,1H3,(H,18,19)(H,20,23)/t15-/m0/s1. The van der Waals surface area contributed by atoms with Crippen LogP contribution in [0.1, 0.15) is 44.1 Å². The Kier molecular flexibility index (Phi) is 6.99. The quantitative estimate of drug-likeness (QED) is 0.308. The fraction of sp³-hybridized carbons (Fsp3) is 0.588. The fourth-order valence-electron chi connectivity index (χ4n) is 3.23. The molecule has 3 N–H and O–H groups in total. The minimum atomic E-state index is -0.449. The van der Waals surface area contributed by atoms with Gasteiger partial charge in [0.05, 0.1) is 12.5 Å². The maximum Gasteiger partial charge on any atom is 0.243 e. The van der Waals surface area contributed by atoms with Crippen LogP contribution in [0.3, 0.4) is 0 Å². The zero-order chi connectivity index (χ0) is 17.4. The van der Waals surface area contributed by atoms with Crippen molar-refractivity contribution >= 4 is 18.1 Å². The Morgan fingerprint density at radius 1 is 1.42 bits per heavy atom. The second kappa shape index (κ2) is 9.22. The number of hydrogen-bond donors (Lipinski definition) is 3. The smallest absolute Gasteiger partial charge is 0.243 e. The molecular formula is C17H26N4O3. The van der Waals surface area contributed by atoms with E-state index >= 15 is 0 Å². The molecule has 1 atom stereocenters. The Balaban J connectivity index is 2.01. The number of hydrazine groups is 1. The third-order valence-electron chi connectivity index (χ3n) is 4.54. The molecule has 7 nitrogen and oxygen atoms in total. The molecule has 0 bridgehead atoms. The van der Waals surface area contributed by atoms with Crippen molar-refractivity contribution < 1.29 is 14.8 Å². The SMILES string of the molecule is Cc1ccnc(NNC(=O)[C@@H](CN(O)C=O)C2CCCCCC2)c1. The summed E-state index contributed by atoms with van der Waals surface area (Å²) in [4.78, 5) is 27.5. The van der Waals surface area contributed by atoms with Crippen molar-refractivity contribution in [1.29, 1.82) is 0 Å². The maximum atomic E-state index is 12.6. The number of nitrogens with one attached hydrogen (secondary N) is 2. The normalized spacial score (nSPS) is 16.8. The molecule has 2 amide bonds. The number of pyridine rings is 1. The number of hydrogen-bond acceptors (Lipinski definition) is 5. The molecule has 1 aromatic heterocycles. The van der Waals surface area contributed by atoms with E-state index < -0.39 is 5.92 Å². The molecule has 132 valence electrons. The van der Waals surface area contributed by atoms with Gasteiger partial charge in [0.15, 0.2) is 0 Å². The average molecular weight is 334 g/mol. The van der Waals surface area contributed by atoms with E-state index in [1.165, 1.54) is 12.8 Å². The number of amides is 2. The molecule has 1 aromatic rings.